The van der Waals surface area contributed by atoms with E-state index in [0.29, 0.717) is 12.4 Å². The molecule has 1 aliphatic heterocycles. The summed E-state index contributed by atoms with van der Waals surface area (Å²) in [5, 5.41) is 13.4. The fourth-order valence-electron chi connectivity index (χ4n) is 2.71. The third-order valence-electron chi connectivity index (χ3n) is 4.43. The first-order chi connectivity index (χ1) is 11.7. The molecule has 9 heteroatoms. The Morgan fingerprint density at radius 3 is 2.79 bits per heavy atom. The highest BCUT2D eigenvalue weighted by Gasteiger charge is 2.25. The van der Waals surface area contributed by atoms with Gasteiger partial charge < -0.3 is 15.4 Å². The predicted octanol–water partition coefficient (Wildman–Crippen LogP) is -0.535. The fourth-order valence-corrected chi connectivity index (χ4v) is 2.71. The van der Waals surface area contributed by atoms with Gasteiger partial charge >= 0.3 is 0 Å². The minimum absolute atomic E-state index is 0.0109. The van der Waals surface area contributed by atoms with Crippen molar-refractivity contribution in [1.82, 2.24) is 25.2 Å². The Bertz CT molecular complexity index is 565. The van der Waals surface area contributed by atoms with E-state index in [1.807, 2.05) is 0 Å². The molecule has 9 nitrogen and oxygen atoms in total. The number of carbonyl (C=O) groups is 2. The molecule has 2 N–H and O–H groups in total. The molecule has 0 aromatic carbocycles. The van der Waals surface area contributed by atoms with Crippen LogP contribution in [0.15, 0.2) is 6.20 Å². The molecule has 2 fully saturated rings. The molecule has 1 saturated heterocycles. The second-order valence-electron chi connectivity index (χ2n) is 6.22. The number of nitrogens with zero attached hydrogens (tertiary/aromatic N) is 4. The maximum atomic E-state index is 11.9. The zero-order valence-corrected chi connectivity index (χ0v) is 13.7. The number of rotatable bonds is 7. The van der Waals surface area contributed by atoms with E-state index < -0.39 is 0 Å². The molecule has 1 aromatic heterocycles. The molecule has 24 heavy (non-hydrogen) atoms. The second-order valence-corrected chi connectivity index (χ2v) is 6.22. The third-order valence-corrected chi connectivity index (χ3v) is 4.43. The molecule has 3 rings (SSSR count). The minimum atomic E-state index is -0.120. The van der Waals surface area contributed by atoms with Crippen molar-refractivity contribution in [3.63, 3.8) is 0 Å². The quantitative estimate of drug-likeness (QED) is 0.694. The zero-order chi connectivity index (χ0) is 16.8. The van der Waals surface area contributed by atoms with Gasteiger partial charge in [-0.3, -0.25) is 14.5 Å². The van der Waals surface area contributed by atoms with Crippen molar-refractivity contribution in [2.24, 2.45) is 5.92 Å². The first-order valence-electron chi connectivity index (χ1n) is 8.48. The van der Waals surface area contributed by atoms with E-state index in [2.05, 4.69) is 25.8 Å². The summed E-state index contributed by atoms with van der Waals surface area (Å²) in [4.78, 5) is 26.0. The van der Waals surface area contributed by atoms with Crippen LogP contribution in [0, 0.1) is 5.92 Å². The van der Waals surface area contributed by atoms with E-state index in [-0.39, 0.29) is 24.3 Å². The largest absolute Gasteiger partial charge is 0.379 e. The third kappa shape index (κ3) is 4.75. The van der Waals surface area contributed by atoms with Gasteiger partial charge in [0.15, 0.2) is 5.82 Å². The molecule has 1 aliphatic carbocycles. The molecular formula is C15H24N6O3. The first kappa shape index (κ1) is 16.8. The van der Waals surface area contributed by atoms with Gasteiger partial charge in [-0.1, -0.05) is 11.6 Å². The van der Waals surface area contributed by atoms with Crippen molar-refractivity contribution in [1.29, 1.82) is 0 Å². The van der Waals surface area contributed by atoms with Gasteiger partial charge in [0, 0.05) is 32.1 Å². The molecule has 2 aliphatic rings. The number of hydrogen-bond acceptors (Lipinski definition) is 6. The van der Waals surface area contributed by atoms with Crippen molar-refractivity contribution in [2.45, 2.75) is 25.8 Å². The number of amides is 2. The predicted molar refractivity (Wildman–Crippen MR) is 86.3 cm³/mol. The summed E-state index contributed by atoms with van der Waals surface area (Å²) in [6.45, 7) is 4.82. The van der Waals surface area contributed by atoms with Crippen LogP contribution in [0.2, 0.25) is 0 Å². The topological polar surface area (TPSA) is 101 Å². The van der Waals surface area contributed by atoms with Crippen molar-refractivity contribution in [3.8, 4) is 0 Å². The fraction of sp³-hybridized carbons (Fsp3) is 0.733. The summed E-state index contributed by atoms with van der Waals surface area (Å²) < 4.78 is 6.71. The lowest BCUT2D eigenvalue weighted by Gasteiger charge is -2.26. The number of hydrogen-bond donors (Lipinski definition) is 2. The maximum absolute atomic E-state index is 11.9. The molecule has 1 saturated carbocycles. The maximum Gasteiger partial charge on any atom is 0.241 e. The van der Waals surface area contributed by atoms with E-state index in [1.165, 1.54) is 4.68 Å². The van der Waals surface area contributed by atoms with Gasteiger partial charge in [0.2, 0.25) is 11.8 Å². The Morgan fingerprint density at radius 1 is 1.29 bits per heavy atom. The normalized spacial score (nSPS) is 18.8. The van der Waals surface area contributed by atoms with Crippen LogP contribution >= 0.6 is 0 Å². The van der Waals surface area contributed by atoms with Crippen LogP contribution in [0.4, 0.5) is 5.82 Å². The molecule has 0 bridgehead atoms. The van der Waals surface area contributed by atoms with Gasteiger partial charge in [0.05, 0.1) is 19.4 Å². The van der Waals surface area contributed by atoms with Crippen molar-refractivity contribution in [2.75, 3.05) is 44.7 Å². The first-order valence-corrected chi connectivity index (χ1v) is 8.48. The Morgan fingerprint density at radius 2 is 2.08 bits per heavy atom. The van der Waals surface area contributed by atoms with E-state index in [1.54, 1.807) is 6.20 Å². The highest BCUT2D eigenvalue weighted by Crippen LogP contribution is 2.27. The average molecular weight is 336 g/mol. The molecule has 0 radical (unpaired) electrons. The van der Waals surface area contributed by atoms with Crippen molar-refractivity contribution in [3.05, 3.63) is 6.20 Å². The van der Waals surface area contributed by atoms with E-state index >= 15 is 0 Å². The van der Waals surface area contributed by atoms with Crippen LogP contribution < -0.4 is 10.6 Å². The molecule has 132 valence electrons. The lowest BCUT2D eigenvalue weighted by Crippen LogP contribution is -2.41. The summed E-state index contributed by atoms with van der Waals surface area (Å²) in [6.07, 6.45) is 4.56. The van der Waals surface area contributed by atoms with E-state index in [4.69, 9.17) is 4.74 Å². The summed E-state index contributed by atoms with van der Waals surface area (Å²) in [7, 11) is 0. The summed E-state index contributed by atoms with van der Waals surface area (Å²) in [6, 6.07) is 0. The minimum Gasteiger partial charge on any atom is -0.379 e. The summed E-state index contributed by atoms with van der Waals surface area (Å²) in [5.74, 6) is 0.361. The van der Waals surface area contributed by atoms with Gasteiger partial charge in [0.25, 0.3) is 0 Å². The monoisotopic (exact) mass is 336 g/mol. The summed E-state index contributed by atoms with van der Waals surface area (Å²) >= 11 is 0. The molecule has 1 aromatic rings. The average Bonchev–Trinajstić information content (AvgIpc) is 2.93. The molecule has 0 spiro atoms. The van der Waals surface area contributed by atoms with Crippen molar-refractivity contribution >= 4 is 17.6 Å². The lowest BCUT2D eigenvalue weighted by atomic mass is 9.85. The number of carbonyl (C=O) groups excluding carboxylic acids is 2. The highest BCUT2D eigenvalue weighted by molar-refractivity contribution is 5.92. The smallest absolute Gasteiger partial charge is 0.241 e. The Hall–Kier alpha value is -2.00. The SMILES string of the molecule is O=C(Cn1cc(NC(=O)C2CCC2)nn1)NCCN1CCOCC1. The van der Waals surface area contributed by atoms with Crippen LogP contribution in [0.5, 0.6) is 0 Å². The number of nitrogens with one attached hydrogen (secondary N) is 2. The van der Waals surface area contributed by atoms with Crippen LogP contribution in [0.25, 0.3) is 0 Å². The number of anilines is 1. The van der Waals surface area contributed by atoms with Gasteiger partial charge in [-0.05, 0) is 12.8 Å². The number of ether oxygens (including phenoxy) is 1. The lowest BCUT2D eigenvalue weighted by molar-refractivity contribution is -0.122. The van der Waals surface area contributed by atoms with Crippen LogP contribution in [0.3, 0.4) is 0 Å². The zero-order valence-electron chi connectivity index (χ0n) is 13.7. The number of aromatic nitrogens is 3. The van der Waals surface area contributed by atoms with Crippen LogP contribution in [-0.2, 0) is 20.9 Å². The van der Waals surface area contributed by atoms with Gasteiger partial charge in [-0.25, -0.2) is 4.68 Å². The second kappa shape index (κ2) is 8.20. The molecular weight excluding hydrogens is 312 g/mol. The molecule has 2 amide bonds. The Labute approximate surface area is 140 Å². The van der Waals surface area contributed by atoms with Crippen LogP contribution in [0.1, 0.15) is 19.3 Å². The Balaban J connectivity index is 1.35. The number of morpholine rings is 1. The molecule has 0 unspecified atom stereocenters. The Kier molecular flexibility index (Phi) is 5.76. The van der Waals surface area contributed by atoms with Gasteiger partial charge in [-0.2, -0.15) is 0 Å². The van der Waals surface area contributed by atoms with Crippen molar-refractivity contribution < 1.29 is 14.3 Å². The standard InChI is InChI=1S/C15H24N6O3/c22-14(16-4-5-20-6-8-24-9-7-20)11-21-10-13(18-19-21)17-15(23)12-2-1-3-12/h10,12H,1-9,11H2,(H,16,22)(H,17,23). The van der Waals surface area contributed by atoms with E-state index in [9.17, 15) is 9.59 Å². The summed E-state index contributed by atoms with van der Waals surface area (Å²) in [5.41, 5.74) is 0. The highest BCUT2D eigenvalue weighted by atomic mass is 16.5. The molecule has 2 heterocycles. The van der Waals surface area contributed by atoms with Gasteiger partial charge in [0.1, 0.15) is 6.54 Å². The molecule has 0 atom stereocenters. The van der Waals surface area contributed by atoms with Gasteiger partial charge in [-0.15, -0.1) is 5.10 Å². The van der Waals surface area contributed by atoms with Crippen LogP contribution in [-0.4, -0.2) is 71.1 Å². The van der Waals surface area contributed by atoms with E-state index in [0.717, 1.165) is 52.1 Å².